The summed E-state index contributed by atoms with van der Waals surface area (Å²) in [6, 6.07) is 9.98. The van der Waals surface area contributed by atoms with Crippen LogP contribution in [0.2, 0.25) is 4.34 Å². The maximum Gasteiger partial charge on any atom is 0.167 e. The molecule has 1 aliphatic carbocycles. The van der Waals surface area contributed by atoms with Crippen LogP contribution in [0.5, 0.6) is 0 Å². The minimum atomic E-state index is -0.185. The van der Waals surface area contributed by atoms with E-state index in [2.05, 4.69) is 13.0 Å². The highest BCUT2D eigenvalue weighted by atomic mass is 35.5. The Morgan fingerprint density at radius 3 is 2.54 bits per heavy atom. The minimum absolute atomic E-state index is 0.0276. The minimum Gasteiger partial charge on any atom is -0.512 e. The normalized spacial score (nSPS) is 17.4. The van der Waals surface area contributed by atoms with E-state index in [1.807, 2.05) is 38.1 Å². The van der Waals surface area contributed by atoms with E-state index in [9.17, 15) is 9.90 Å². The van der Waals surface area contributed by atoms with Crippen molar-refractivity contribution >= 4 is 34.3 Å². The number of thiophene rings is 1. The van der Waals surface area contributed by atoms with E-state index in [1.54, 1.807) is 0 Å². The second-order valence-corrected chi connectivity index (χ2v) is 8.81. The van der Waals surface area contributed by atoms with Crippen molar-refractivity contribution in [2.24, 2.45) is 5.41 Å². The highest BCUT2D eigenvalue weighted by molar-refractivity contribution is 7.19. The number of benzene rings is 1. The third kappa shape index (κ3) is 3.28. The van der Waals surface area contributed by atoms with Crippen molar-refractivity contribution < 1.29 is 9.90 Å². The number of aliphatic hydroxyl groups excluding tert-OH is 1. The summed E-state index contributed by atoms with van der Waals surface area (Å²) >= 11 is 7.56. The van der Waals surface area contributed by atoms with Crippen LogP contribution in [0.3, 0.4) is 0 Å². The molecule has 0 amide bonds. The van der Waals surface area contributed by atoms with Gasteiger partial charge in [0.05, 0.1) is 9.91 Å². The van der Waals surface area contributed by atoms with Gasteiger partial charge in [0.1, 0.15) is 5.76 Å². The van der Waals surface area contributed by atoms with Gasteiger partial charge in [0, 0.05) is 17.7 Å². The lowest BCUT2D eigenvalue weighted by molar-refractivity contribution is -0.116. The van der Waals surface area contributed by atoms with Gasteiger partial charge >= 0.3 is 0 Å². The van der Waals surface area contributed by atoms with E-state index >= 15 is 0 Å². The van der Waals surface area contributed by atoms with Gasteiger partial charge in [-0.3, -0.25) is 4.79 Å². The number of rotatable bonds is 3. The number of Topliss-reactive ketones (excluding diaryl/α,β-unsaturated/α-hetero) is 1. The van der Waals surface area contributed by atoms with Crippen LogP contribution in [0.15, 0.2) is 36.1 Å². The van der Waals surface area contributed by atoms with Crippen molar-refractivity contribution in [3.63, 3.8) is 0 Å². The number of carbonyl (C=O) groups is 1. The number of aliphatic hydroxyl groups is 1. The molecule has 4 heteroatoms. The van der Waals surface area contributed by atoms with Crippen LogP contribution < -0.4 is 0 Å². The van der Waals surface area contributed by atoms with Crippen molar-refractivity contribution in [2.45, 2.75) is 40.0 Å². The molecule has 0 radical (unpaired) electrons. The van der Waals surface area contributed by atoms with Crippen LogP contribution in [0.25, 0.3) is 16.0 Å². The average Bonchev–Trinajstić information content (AvgIpc) is 2.91. The maximum atomic E-state index is 12.7. The molecule has 2 aromatic rings. The van der Waals surface area contributed by atoms with Gasteiger partial charge in [-0.15, -0.1) is 11.3 Å². The summed E-state index contributed by atoms with van der Waals surface area (Å²) in [4.78, 5) is 13.8. The first-order chi connectivity index (χ1) is 11.3. The zero-order valence-electron chi connectivity index (χ0n) is 14.1. The van der Waals surface area contributed by atoms with E-state index in [-0.39, 0.29) is 17.0 Å². The summed E-state index contributed by atoms with van der Waals surface area (Å²) in [5.74, 6) is 0.243. The van der Waals surface area contributed by atoms with Crippen molar-refractivity contribution in [1.82, 2.24) is 0 Å². The number of allylic oxidation sites excluding steroid dienone is 2. The number of hydrogen-bond acceptors (Lipinski definition) is 3. The second kappa shape index (κ2) is 6.38. The highest BCUT2D eigenvalue weighted by Gasteiger charge is 2.34. The lowest BCUT2D eigenvalue weighted by Crippen LogP contribution is -2.25. The summed E-state index contributed by atoms with van der Waals surface area (Å²) in [6.45, 7) is 6.10. The molecule has 0 aliphatic heterocycles. The lowest BCUT2D eigenvalue weighted by Gasteiger charge is -2.30. The first kappa shape index (κ1) is 17.2. The van der Waals surface area contributed by atoms with E-state index in [0.29, 0.717) is 18.4 Å². The van der Waals surface area contributed by atoms with Crippen molar-refractivity contribution in [2.75, 3.05) is 0 Å². The molecular formula is C20H21ClO2S. The molecule has 0 atom stereocenters. The number of hydrogen-bond donors (Lipinski definition) is 1. The molecule has 1 N–H and O–H groups in total. The molecule has 126 valence electrons. The van der Waals surface area contributed by atoms with Gasteiger partial charge in [0.25, 0.3) is 0 Å². The van der Waals surface area contributed by atoms with Gasteiger partial charge < -0.3 is 5.11 Å². The average molecular weight is 361 g/mol. The van der Waals surface area contributed by atoms with E-state index < -0.39 is 0 Å². The molecule has 0 saturated heterocycles. The number of ketones is 1. The Morgan fingerprint density at radius 1 is 1.21 bits per heavy atom. The lowest BCUT2D eigenvalue weighted by atomic mass is 9.74. The summed E-state index contributed by atoms with van der Waals surface area (Å²) in [7, 11) is 0. The van der Waals surface area contributed by atoms with Gasteiger partial charge in [-0.2, -0.15) is 0 Å². The zero-order valence-corrected chi connectivity index (χ0v) is 15.7. The fraction of sp³-hybridized carbons (Fsp3) is 0.350. The van der Waals surface area contributed by atoms with Crippen molar-refractivity contribution in [3.05, 3.63) is 51.6 Å². The summed E-state index contributed by atoms with van der Waals surface area (Å²) in [6.07, 6.45) is 1.81. The number of halogens is 1. The van der Waals surface area contributed by atoms with E-state index in [1.165, 1.54) is 11.3 Å². The van der Waals surface area contributed by atoms with Crippen LogP contribution in [-0.2, 0) is 11.2 Å². The third-order valence-electron chi connectivity index (χ3n) is 4.47. The molecule has 0 saturated carbocycles. The molecule has 1 aliphatic rings. The molecule has 1 aromatic heterocycles. The van der Waals surface area contributed by atoms with Gasteiger partial charge in [0.2, 0.25) is 0 Å². The van der Waals surface area contributed by atoms with Crippen LogP contribution in [-0.4, -0.2) is 10.9 Å². The Hall–Kier alpha value is -1.58. The van der Waals surface area contributed by atoms with Crippen LogP contribution in [0.4, 0.5) is 0 Å². The molecule has 1 aromatic carbocycles. The molecule has 3 rings (SSSR count). The molecule has 2 nitrogen and oxygen atoms in total. The topological polar surface area (TPSA) is 37.3 Å². The standard InChI is InChI=1S/C20H21ClO2S/c1-4-12-5-6-13(17-7-8-18(21)24-17)9-14(12)19-15(22)10-20(2,3)11-16(19)23/h5-9,22H,4,10-11H2,1-3H3. The first-order valence-corrected chi connectivity index (χ1v) is 9.34. The van der Waals surface area contributed by atoms with E-state index in [4.69, 9.17) is 11.6 Å². The van der Waals surface area contributed by atoms with Crippen LogP contribution in [0, 0.1) is 5.41 Å². The Bertz CT molecular complexity index is 830. The molecule has 0 bridgehead atoms. The fourth-order valence-electron chi connectivity index (χ4n) is 3.33. The quantitative estimate of drug-likeness (QED) is 0.698. The van der Waals surface area contributed by atoms with Gasteiger partial charge in [-0.1, -0.05) is 44.5 Å². The highest BCUT2D eigenvalue weighted by Crippen LogP contribution is 2.41. The smallest absolute Gasteiger partial charge is 0.167 e. The van der Waals surface area contributed by atoms with Crippen LogP contribution >= 0.6 is 22.9 Å². The second-order valence-electron chi connectivity index (χ2n) is 7.09. The molecule has 0 fully saturated rings. The Morgan fingerprint density at radius 2 is 1.96 bits per heavy atom. The Labute approximate surface area is 151 Å². The SMILES string of the molecule is CCc1ccc(-c2ccc(Cl)s2)cc1C1=C(O)CC(C)(C)CC1=O. The van der Waals surface area contributed by atoms with E-state index in [0.717, 1.165) is 32.3 Å². The molecule has 24 heavy (non-hydrogen) atoms. The van der Waals surface area contributed by atoms with Crippen molar-refractivity contribution in [1.29, 1.82) is 0 Å². The number of aryl methyl sites for hydroxylation is 1. The third-order valence-corrected chi connectivity index (χ3v) is 5.75. The molecule has 0 unspecified atom stereocenters. The summed E-state index contributed by atoms with van der Waals surface area (Å²) in [5.41, 5.74) is 3.27. The Balaban J connectivity index is 2.14. The predicted octanol–water partition coefficient (Wildman–Crippen LogP) is 6.29. The summed E-state index contributed by atoms with van der Waals surface area (Å²) in [5, 5.41) is 10.6. The maximum absolute atomic E-state index is 12.7. The first-order valence-electron chi connectivity index (χ1n) is 8.15. The van der Waals surface area contributed by atoms with Gasteiger partial charge in [0.15, 0.2) is 5.78 Å². The summed E-state index contributed by atoms with van der Waals surface area (Å²) < 4.78 is 0.740. The number of carbonyl (C=O) groups excluding carboxylic acids is 1. The zero-order chi connectivity index (χ0) is 17.5. The van der Waals surface area contributed by atoms with Gasteiger partial charge in [-0.25, -0.2) is 0 Å². The molecule has 1 heterocycles. The molecule has 0 spiro atoms. The predicted molar refractivity (Wildman–Crippen MR) is 102 cm³/mol. The largest absolute Gasteiger partial charge is 0.512 e. The van der Waals surface area contributed by atoms with Crippen molar-refractivity contribution in [3.8, 4) is 10.4 Å². The monoisotopic (exact) mass is 360 g/mol. The van der Waals surface area contributed by atoms with Crippen LogP contribution in [0.1, 0.15) is 44.7 Å². The molecular weight excluding hydrogens is 340 g/mol. The van der Waals surface area contributed by atoms with Gasteiger partial charge in [-0.05, 0) is 46.7 Å². The fourth-order valence-corrected chi connectivity index (χ4v) is 4.37. The Kier molecular flexibility index (Phi) is 4.58.